The maximum atomic E-state index is 9.50. The largest absolute Gasteiger partial charge is 0.392 e. The molecule has 0 aliphatic carbocycles. The van der Waals surface area contributed by atoms with Crippen LogP contribution in [0, 0.1) is 17.2 Å². The van der Waals surface area contributed by atoms with Gasteiger partial charge in [-0.15, -0.1) is 0 Å². The van der Waals surface area contributed by atoms with Gasteiger partial charge in [0, 0.05) is 0 Å². The van der Waals surface area contributed by atoms with E-state index < -0.39 is 6.10 Å². The Morgan fingerprint density at radius 2 is 2.25 bits per heavy atom. The molecule has 0 aliphatic heterocycles. The lowest BCUT2D eigenvalue weighted by Gasteiger charge is -2.13. The van der Waals surface area contributed by atoms with E-state index in [1.807, 2.05) is 13.2 Å². The second-order valence-electron chi connectivity index (χ2n) is 2.85. The molecule has 0 bridgehead atoms. The van der Waals surface area contributed by atoms with Crippen LogP contribution in [0.4, 0.5) is 0 Å². The highest BCUT2D eigenvalue weighted by Crippen LogP contribution is 2.13. The summed E-state index contributed by atoms with van der Waals surface area (Å²) in [6.45, 7) is 1.94. The minimum absolute atomic E-state index is 0.174. The maximum Gasteiger partial charge on any atom is 0.0720 e. The van der Waals surface area contributed by atoms with Crippen LogP contribution in [0.15, 0.2) is 0 Å². The summed E-state index contributed by atoms with van der Waals surface area (Å²) in [6, 6.07) is 2.12. The van der Waals surface area contributed by atoms with Crippen molar-refractivity contribution < 1.29 is 5.11 Å². The summed E-state index contributed by atoms with van der Waals surface area (Å²) < 4.78 is 0. The third kappa shape index (κ3) is 4.63. The van der Waals surface area contributed by atoms with Gasteiger partial charge in [0.15, 0.2) is 0 Å². The van der Waals surface area contributed by atoms with Crippen LogP contribution in [0.3, 0.4) is 0 Å². The van der Waals surface area contributed by atoms with E-state index in [4.69, 9.17) is 5.26 Å². The monoisotopic (exact) mass is 187 g/mol. The van der Waals surface area contributed by atoms with Gasteiger partial charge in [-0.3, -0.25) is 0 Å². The van der Waals surface area contributed by atoms with E-state index in [1.165, 1.54) is 0 Å². The van der Waals surface area contributed by atoms with Crippen LogP contribution in [0.5, 0.6) is 0 Å². The van der Waals surface area contributed by atoms with Gasteiger partial charge in [-0.05, 0) is 31.3 Å². The topological polar surface area (TPSA) is 44.0 Å². The fourth-order valence-electron chi connectivity index (χ4n) is 1.09. The Hall–Kier alpha value is -0.200. The van der Waals surface area contributed by atoms with E-state index in [0.29, 0.717) is 0 Å². The number of thioether (sulfide) groups is 1. The Bertz CT molecular complexity index is 144. The molecular weight excluding hydrogens is 170 g/mol. The molecule has 0 aromatic rings. The quantitative estimate of drug-likeness (QED) is 0.647. The van der Waals surface area contributed by atoms with Crippen molar-refractivity contribution in [2.24, 2.45) is 5.92 Å². The molecule has 2 nitrogen and oxygen atoms in total. The minimum atomic E-state index is -0.424. The predicted octanol–water partition coefficient (Wildman–Crippen LogP) is 2.04. The number of nitrogens with zero attached hydrogens (tertiary/aromatic N) is 1. The van der Waals surface area contributed by atoms with Gasteiger partial charge in [0.25, 0.3) is 0 Å². The molecule has 2 unspecified atom stereocenters. The summed E-state index contributed by atoms with van der Waals surface area (Å²) in [4.78, 5) is 0. The summed E-state index contributed by atoms with van der Waals surface area (Å²) >= 11 is 1.78. The van der Waals surface area contributed by atoms with Gasteiger partial charge in [0.05, 0.1) is 18.1 Å². The highest BCUT2D eigenvalue weighted by molar-refractivity contribution is 7.98. The van der Waals surface area contributed by atoms with Crippen LogP contribution in [0.25, 0.3) is 0 Å². The van der Waals surface area contributed by atoms with Crippen molar-refractivity contribution >= 4 is 11.8 Å². The van der Waals surface area contributed by atoms with Crippen molar-refractivity contribution in [3.63, 3.8) is 0 Å². The van der Waals surface area contributed by atoms with Gasteiger partial charge < -0.3 is 5.11 Å². The fourth-order valence-corrected chi connectivity index (χ4v) is 1.54. The van der Waals surface area contributed by atoms with Gasteiger partial charge in [-0.2, -0.15) is 17.0 Å². The molecular formula is C9H17NOS. The van der Waals surface area contributed by atoms with E-state index in [0.717, 1.165) is 25.0 Å². The third-order valence-corrected chi connectivity index (χ3v) is 2.62. The number of hydrogen-bond donors (Lipinski definition) is 1. The molecule has 0 heterocycles. The number of aliphatic hydroxyl groups excluding tert-OH is 1. The molecule has 3 heteroatoms. The molecule has 12 heavy (non-hydrogen) atoms. The van der Waals surface area contributed by atoms with Crippen molar-refractivity contribution in [2.75, 3.05) is 12.0 Å². The van der Waals surface area contributed by atoms with Crippen LogP contribution in [-0.2, 0) is 0 Å². The standard InChI is InChI=1S/C9H17NOS/c1-3-8(7-10)9(11)5-4-6-12-2/h8-9,11H,3-6H2,1-2H3. The zero-order chi connectivity index (χ0) is 9.40. The molecule has 0 aromatic heterocycles. The zero-order valence-corrected chi connectivity index (χ0v) is 8.60. The number of hydrogen-bond acceptors (Lipinski definition) is 3. The average Bonchev–Trinajstić information content (AvgIpc) is 2.07. The van der Waals surface area contributed by atoms with E-state index in [1.54, 1.807) is 11.8 Å². The average molecular weight is 187 g/mol. The Morgan fingerprint density at radius 1 is 1.58 bits per heavy atom. The number of rotatable bonds is 6. The third-order valence-electron chi connectivity index (χ3n) is 1.92. The molecule has 0 aromatic carbocycles. The first-order valence-corrected chi connectivity index (χ1v) is 5.72. The summed E-state index contributed by atoms with van der Waals surface area (Å²) in [5.41, 5.74) is 0. The first-order chi connectivity index (χ1) is 5.76. The molecule has 0 rings (SSSR count). The molecule has 0 fully saturated rings. The summed E-state index contributed by atoms with van der Waals surface area (Å²) in [5.74, 6) is 0.894. The highest BCUT2D eigenvalue weighted by atomic mass is 32.2. The lowest BCUT2D eigenvalue weighted by atomic mass is 9.98. The summed E-state index contributed by atoms with van der Waals surface area (Å²) in [7, 11) is 0. The lowest BCUT2D eigenvalue weighted by Crippen LogP contribution is -2.18. The van der Waals surface area contributed by atoms with Gasteiger partial charge in [0.2, 0.25) is 0 Å². The first kappa shape index (κ1) is 11.8. The molecule has 0 aliphatic rings. The Morgan fingerprint density at radius 3 is 2.67 bits per heavy atom. The second kappa shape index (κ2) is 7.45. The number of nitriles is 1. The first-order valence-electron chi connectivity index (χ1n) is 4.32. The van der Waals surface area contributed by atoms with E-state index >= 15 is 0 Å². The molecule has 0 amide bonds. The molecule has 0 spiro atoms. The van der Waals surface area contributed by atoms with Crippen molar-refractivity contribution in [3.8, 4) is 6.07 Å². The van der Waals surface area contributed by atoms with Crippen molar-refractivity contribution in [2.45, 2.75) is 32.3 Å². The minimum Gasteiger partial charge on any atom is -0.392 e. The molecule has 0 saturated heterocycles. The van der Waals surface area contributed by atoms with Gasteiger partial charge in [0.1, 0.15) is 0 Å². The highest BCUT2D eigenvalue weighted by Gasteiger charge is 2.15. The van der Waals surface area contributed by atoms with E-state index in [9.17, 15) is 5.11 Å². The Kier molecular flexibility index (Phi) is 7.33. The normalized spacial score (nSPS) is 15.2. The van der Waals surface area contributed by atoms with E-state index in [2.05, 4.69) is 6.07 Å². The molecule has 2 atom stereocenters. The van der Waals surface area contributed by atoms with Gasteiger partial charge >= 0.3 is 0 Å². The second-order valence-corrected chi connectivity index (χ2v) is 3.83. The Labute approximate surface area is 79.0 Å². The van der Waals surface area contributed by atoms with Crippen LogP contribution < -0.4 is 0 Å². The predicted molar refractivity (Wildman–Crippen MR) is 53.0 cm³/mol. The van der Waals surface area contributed by atoms with E-state index in [-0.39, 0.29) is 5.92 Å². The molecule has 0 saturated carbocycles. The van der Waals surface area contributed by atoms with Crippen LogP contribution in [0.2, 0.25) is 0 Å². The summed E-state index contributed by atoms with van der Waals surface area (Å²) in [6.07, 6.45) is 4.13. The number of aliphatic hydroxyl groups is 1. The summed E-state index contributed by atoms with van der Waals surface area (Å²) in [5, 5.41) is 18.1. The lowest BCUT2D eigenvalue weighted by molar-refractivity contribution is 0.121. The van der Waals surface area contributed by atoms with Gasteiger partial charge in [-0.1, -0.05) is 6.92 Å². The molecule has 70 valence electrons. The molecule has 0 radical (unpaired) electrons. The van der Waals surface area contributed by atoms with Crippen LogP contribution >= 0.6 is 11.8 Å². The van der Waals surface area contributed by atoms with Gasteiger partial charge in [-0.25, -0.2) is 0 Å². The maximum absolute atomic E-state index is 9.50. The SMILES string of the molecule is CCC(C#N)C(O)CCCSC. The fraction of sp³-hybridized carbons (Fsp3) is 0.889. The zero-order valence-electron chi connectivity index (χ0n) is 7.79. The molecule has 1 N–H and O–H groups in total. The van der Waals surface area contributed by atoms with Crippen molar-refractivity contribution in [3.05, 3.63) is 0 Å². The smallest absolute Gasteiger partial charge is 0.0720 e. The van der Waals surface area contributed by atoms with Crippen molar-refractivity contribution in [1.29, 1.82) is 5.26 Å². The Balaban J connectivity index is 3.56. The van der Waals surface area contributed by atoms with Crippen molar-refractivity contribution in [1.82, 2.24) is 0 Å². The van der Waals surface area contributed by atoms with Crippen LogP contribution in [-0.4, -0.2) is 23.2 Å². The van der Waals surface area contributed by atoms with Crippen LogP contribution in [0.1, 0.15) is 26.2 Å².